The van der Waals surface area contributed by atoms with Crippen molar-refractivity contribution in [2.45, 2.75) is 13.3 Å². The Kier molecular flexibility index (Phi) is 3.44. The first-order chi connectivity index (χ1) is 8.15. The molecule has 0 saturated heterocycles. The monoisotopic (exact) mass is 249 g/mol. The third kappa shape index (κ3) is 3.07. The van der Waals surface area contributed by atoms with E-state index in [1.54, 1.807) is 18.3 Å². The van der Waals surface area contributed by atoms with Gasteiger partial charge >= 0.3 is 0 Å². The Hall–Kier alpha value is -1.81. The average Bonchev–Trinajstić information content (AvgIpc) is 2.64. The van der Waals surface area contributed by atoms with Crippen LogP contribution in [-0.2, 0) is 11.2 Å². The highest BCUT2D eigenvalue weighted by atomic mass is 35.5. The lowest BCUT2D eigenvalue weighted by molar-refractivity contribution is -0.115. The molecule has 0 unspecified atom stereocenters. The second-order valence-electron chi connectivity index (χ2n) is 3.78. The van der Waals surface area contributed by atoms with Gasteiger partial charge in [-0.3, -0.25) is 9.89 Å². The summed E-state index contributed by atoms with van der Waals surface area (Å²) >= 11 is 5.85. The Balaban J connectivity index is 2.01. The fourth-order valence-electron chi connectivity index (χ4n) is 1.49. The van der Waals surface area contributed by atoms with Gasteiger partial charge in [-0.05, 0) is 24.6 Å². The van der Waals surface area contributed by atoms with Crippen molar-refractivity contribution in [2.24, 2.45) is 0 Å². The first-order valence-electron chi connectivity index (χ1n) is 5.19. The molecule has 0 fully saturated rings. The molecule has 5 heteroatoms. The van der Waals surface area contributed by atoms with Gasteiger partial charge in [-0.1, -0.05) is 23.7 Å². The molecule has 88 valence electrons. The van der Waals surface area contributed by atoms with Gasteiger partial charge in [0.25, 0.3) is 0 Å². The summed E-state index contributed by atoms with van der Waals surface area (Å²) in [6.45, 7) is 1.87. The number of aromatic amines is 1. The van der Waals surface area contributed by atoms with Crippen molar-refractivity contribution >= 4 is 23.3 Å². The predicted molar refractivity (Wildman–Crippen MR) is 67.1 cm³/mol. The van der Waals surface area contributed by atoms with E-state index >= 15 is 0 Å². The molecule has 0 spiro atoms. The highest BCUT2D eigenvalue weighted by Gasteiger charge is 2.07. The largest absolute Gasteiger partial charge is 0.311 e. The second kappa shape index (κ2) is 5.01. The number of anilines is 1. The number of aromatic nitrogens is 2. The van der Waals surface area contributed by atoms with Crippen LogP contribution in [0, 0.1) is 6.92 Å². The molecule has 4 nitrogen and oxygen atoms in total. The summed E-state index contributed by atoms with van der Waals surface area (Å²) in [6.07, 6.45) is 1.95. The van der Waals surface area contributed by atoms with Gasteiger partial charge in [-0.15, -0.1) is 0 Å². The Morgan fingerprint density at radius 3 is 3.00 bits per heavy atom. The molecule has 0 aliphatic heterocycles. The van der Waals surface area contributed by atoms with Crippen LogP contribution in [0.15, 0.2) is 30.5 Å². The molecule has 0 saturated carbocycles. The lowest BCUT2D eigenvalue weighted by atomic mass is 10.1. The number of carbonyl (C=O) groups excluding carboxylic acids is 1. The third-order valence-corrected chi connectivity index (χ3v) is 2.58. The number of H-pyrrole nitrogens is 1. The maximum Gasteiger partial charge on any atom is 0.229 e. The number of hydrogen-bond acceptors (Lipinski definition) is 2. The standard InChI is InChI=1S/C12H12ClN3O/c1-8-7-14-16-12(8)15-11(17)6-9-3-2-4-10(13)5-9/h2-5,7H,6H2,1H3,(H2,14,15,16,17). The van der Waals surface area contributed by atoms with Crippen LogP contribution in [0.3, 0.4) is 0 Å². The van der Waals surface area contributed by atoms with Gasteiger partial charge in [0.05, 0.1) is 12.6 Å². The smallest absolute Gasteiger partial charge is 0.229 e. The highest BCUT2D eigenvalue weighted by Crippen LogP contribution is 2.13. The summed E-state index contributed by atoms with van der Waals surface area (Å²) in [5.41, 5.74) is 1.79. The Morgan fingerprint density at radius 2 is 2.35 bits per heavy atom. The molecule has 2 rings (SSSR count). The minimum atomic E-state index is -0.0976. The van der Waals surface area contributed by atoms with Crippen LogP contribution in [0.2, 0.25) is 5.02 Å². The third-order valence-electron chi connectivity index (χ3n) is 2.35. The quantitative estimate of drug-likeness (QED) is 0.878. The minimum absolute atomic E-state index is 0.0976. The number of carbonyl (C=O) groups is 1. The highest BCUT2D eigenvalue weighted by molar-refractivity contribution is 6.30. The van der Waals surface area contributed by atoms with E-state index < -0.39 is 0 Å². The first kappa shape index (κ1) is 11.7. The van der Waals surface area contributed by atoms with Crippen molar-refractivity contribution < 1.29 is 4.79 Å². The summed E-state index contributed by atoms with van der Waals surface area (Å²) in [6, 6.07) is 7.25. The van der Waals surface area contributed by atoms with E-state index in [-0.39, 0.29) is 5.91 Å². The second-order valence-corrected chi connectivity index (χ2v) is 4.22. The van der Waals surface area contributed by atoms with E-state index in [1.807, 2.05) is 19.1 Å². The van der Waals surface area contributed by atoms with Gasteiger partial charge in [0, 0.05) is 10.6 Å². The summed E-state index contributed by atoms with van der Waals surface area (Å²) < 4.78 is 0. The van der Waals surface area contributed by atoms with Gasteiger partial charge in [-0.25, -0.2) is 0 Å². The van der Waals surface area contributed by atoms with Gasteiger partial charge in [0.1, 0.15) is 5.82 Å². The van der Waals surface area contributed by atoms with Crippen molar-refractivity contribution in [2.75, 3.05) is 5.32 Å². The number of benzene rings is 1. The minimum Gasteiger partial charge on any atom is -0.311 e. The van der Waals surface area contributed by atoms with Crippen molar-refractivity contribution in [1.29, 1.82) is 0 Å². The number of amides is 1. The molecule has 0 atom stereocenters. The van der Waals surface area contributed by atoms with Crippen LogP contribution < -0.4 is 5.32 Å². The maximum absolute atomic E-state index is 11.7. The lowest BCUT2D eigenvalue weighted by Crippen LogP contribution is -2.15. The molecule has 1 amide bonds. The summed E-state index contributed by atoms with van der Waals surface area (Å²) in [7, 11) is 0. The van der Waals surface area contributed by atoms with E-state index in [2.05, 4.69) is 15.5 Å². The summed E-state index contributed by atoms with van der Waals surface area (Å²) in [5.74, 6) is 0.539. The van der Waals surface area contributed by atoms with Gasteiger partial charge < -0.3 is 5.32 Å². The summed E-state index contributed by atoms with van der Waals surface area (Å²) in [5, 5.41) is 9.95. The normalized spacial score (nSPS) is 10.2. The van der Waals surface area contributed by atoms with Crippen LogP contribution in [0.5, 0.6) is 0 Å². The van der Waals surface area contributed by atoms with Crippen molar-refractivity contribution in [3.63, 3.8) is 0 Å². The zero-order chi connectivity index (χ0) is 12.3. The van der Waals surface area contributed by atoms with Crippen LogP contribution in [0.25, 0.3) is 0 Å². The Labute approximate surface area is 104 Å². The number of aryl methyl sites for hydroxylation is 1. The molecule has 0 bridgehead atoms. The molecule has 17 heavy (non-hydrogen) atoms. The number of nitrogens with zero attached hydrogens (tertiary/aromatic N) is 1. The predicted octanol–water partition coefficient (Wildman–Crippen LogP) is 2.55. The molecular weight excluding hydrogens is 238 g/mol. The zero-order valence-electron chi connectivity index (χ0n) is 9.33. The van der Waals surface area contributed by atoms with Crippen LogP contribution in [0.1, 0.15) is 11.1 Å². The molecule has 1 heterocycles. The summed E-state index contributed by atoms with van der Waals surface area (Å²) in [4.78, 5) is 11.7. The first-order valence-corrected chi connectivity index (χ1v) is 5.57. The molecular formula is C12H12ClN3O. The average molecular weight is 250 g/mol. The molecule has 0 aliphatic rings. The van der Waals surface area contributed by atoms with Crippen LogP contribution in [-0.4, -0.2) is 16.1 Å². The number of rotatable bonds is 3. The number of halogens is 1. The van der Waals surface area contributed by atoms with Gasteiger partial charge in [-0.2, -0.15) is 5.10 Å². The Bertz CT molecular complexity index is 536. The zero-order valence-corrected chi connectivity index (χ0v) is 10.1. The molecule has 2 N–H and O–H groups in total. The van der Waals surface area contributed by atoms with E-state index in [0.717, 1.165) is 11.1 Å². The molecule has 2 aromatic rings. The van der Waals surface area contributed by atoms with Gasteiger partial charge in [0.2, 0.25) is 5.91 Å². The van der Waals surface area contributed by atoms with E-state index in [9.17, 15) is 4.79 Å². The number of nitrogens with one attached hydrogen (secondary N) is 2. The van der Waals surface area contributed by atoms with E-state index in [0.29, 0.717) is 17.3 Å². The van der Waals surface area contributed by atoms with E-state index in [1.165, 1.54) is 0 Å². The van der Waals surface area contributed by atoms with Gasteiger partial charge in [0.15, 0.2) is 0 Å². The fourth-order valence-corrected chi connectivity index (χ4v) is 1.70. The molecule has 0 aliphatic carbocycles. The van der Waals surface area contributed by atoms with Crippen molar-refractivity contribution in [1.82, 2.24) is 10.2 Å². The van der Waals surface area contributed by atoms with Crippen LogP contribution >= 0.6 is 11.6 Å². The molecule has 0 radical (unpaired) electrons. The van der Waals surface area contributed by atoms with E-state index in [4.69, 9.17) is 11.6 Å². The maximum atomic E-state index is 11.7. The topological polar surface area (TPSA) is 57.8 Å². The fraction of sp³-hybridized carbons (Fsp3) is 0.167. The number of hydrogen-bond donors (Lipinski definition) is 2. The lowest BCUT2D eigenvalue weighted by Gasteiger charge is -2.04. The van der Waals surface area contributed by atoms with Crippen molar-refractivity contribution in [3.8, 4) is 0 Å². The van der Waals surface area contributed by atoms with Crippen LogP contribution in [0.4, 0.5) is 5.82 Å². The SMILES string of the molecule is Cc1cn[nH]c1NC(=O)Cc1cccc(Cl)c1. The molecule has 1 aromatic carbocycles. The molecule has 1 aromatic heterocycles. The Morgan fingerprint density at radius 1 is 1.53 bits per heavy atom. The van der Waals surface area contributed by atoms with Crippen molar-refractivity contribution in [3.05, 3.63) is 46.6 Å².